The van der Waals surface area contributed by atoms with Gasteiger partial charge in [0.25, 0.3) is 0 Å². The number of alkyl halides is 3. The molecule has 1 unspecified atom stereocenters. The number of rotatable bonds is 3. The summed E-state index contributed by atoms with van der Waals surface area (Å²) in [5.41, 5.74) is 2.45. The van der Waals surface area contributed by atoms with Gasteiger partial charge in [0.2, 0.25) is 0 Å². The third kappa shape index (κ3) is 2.37. The smallest absolute Gasteiger partial charge is 0.271 e. The second-order valence-corrected chi connectivity index (χ2v) is 4.20. The molecule has 0 saturated carbocycles. The van der Waals surface area contributed by atoms with Crippen LogP contribution in [0.1, 0.15) is 16.5 Å². The minimum absolute atomic E-state index is 0.438. The molecule has 0 aliphatic heterocycles. The molecule has 6 heteroatoms. The van der Waals surface area contributed by atoms with Crippen LogP contribution >= 0.6 is 22.9 Å². The van der Waals surface area contributed by atoms with Gasteiger partial charge in [0, 0.05) is 4.88 Å². The molecule has 13 heavy (non-hydrogen) atoms. The molecule has 2 nitrogen and oxygen atoms in total. The van der Waals surface area contributed by atoms with Gasteiger partial charge in [-0.3, -0.25) is 5.84 Å². The van der Waals surface area contributed by atoms with E-state index in [1.54, 1.807) is 18.4 Å². The molecule has 0 bridgehead atoms. The molecular formula is C7H9ClF2N2S. The number of nitrogens with two attached hydrogens (primary N) is 1. The van der Waals surface area contributed by atoms with Crippen LogP contribution in [0.15, 0.2) is 11.4 Å². The Morgan fingerprint density at radius 2 is 2.31 bits per heavy atom. The topological polar surface area (TPSA) is 38.0 Å². The van der Waals surface area contributed by atoms with Crippen LogP contribution in [0.25, 0.3) is 0 Å². The second-order valence-electron chi connectivity index (χ2n) is 2.57. The number of hydrazine groups is 1. The maximum absolute atomic E-state index is 12.8. The summed E-state index contributed by atoms with van der Waals surface area (Å²) in [5.74, 6) is 5.01. The number of hydrogen-bond donors (Lipinski definition) is 2. The lowest BCUT2D eigenvalue weighted by Gasteiger charge is -2.20. The Morgan fingerprint density at radius 3 is 2.62 bits per heavy atom. The van der Waals surface area contributed by atoms with Crippen molar-refractivity contribution in [1.82, 2.24) is 5.43 Å². The molecule has 0 amide bonds. The van der Waals surface area contributed by atoms with E-state index in [1.165, 1.54) is 11.3 Å². The monoisotopic (exact) mass is 226 g/mol. The Morgan fingerprint density at radius 1 is 1.69 bits per heavy atom. The molecule has 0 fully saturated rings. The Balaban J connectivity index is 2.98. The molecule has 1 heterocycles. The Bertz CT molecular complexity index is 284. The van der Waals surface area contributed by atoms with Gasteiger partial charge < -0.3 is 0 Å². The van der Waals surface area contributed by atoms with E-state index in [-0.39, 0.29) is 0 Å². The summed E-state index contributed by atoms with van der Waals surface area (Å²) in [4.78, 5) is 0.781. The average molecular weight is 227 g/mol. The first kappa shape index (κ1) is 10.8. The van der Waals surface area contributed by atoms with E-state index in [1.807, 2.05) is 5.43 Å². The van der Waals surface area contributed by atoms with E-state index in [0.717, 1.165) is 4.88 Å². The van der Waals surface area contributed by atoms with Crippen LogP contribution in [0.3, 0.4) is 0 Å². The van der Waals surface area contributed by atoms with Gasteiger partial charge in [0.05, 0.1) is 0 Å². The Kier molecular flexibility index (Phi) is 3.23. The molecule has 3 N–H and O–H groups in total. The van der Waals surface area contributed by atoms with Gasteiger partial charge in [-0.1, -0.05) is 0 Å². The van der Waals surface area contributed by atoms with Crippen LogP contribution in [0.2, 0.25) is 0 Å². The molecule has 0 radical (unpaired) electrons. The fourth-order valence-corrected chi connectivity index (χ4v) is 1.98. The quantitative estimate of drug-likeness (QED) is 0.472. The lowest BCUT2D eigenvalue weighted by atomic mass is 10.1. The standard InChI is InChI=1S/C7H9ClF2N2S/c1-4-5(2-3-13-4)6(12-11)7(8,9)10/h2-3,6,12H,11H2,1H3. The highest BCUT2D eigenvalue weighted by molar-refractivity contribution is 7.10. The van der Waals surface area contributed by atoms with Crippen molar-refractivity contribution in [3.05, 3.63) is 21.9 Å². The van der Waals surface area contributed by atoms with Crippen molar-refractivity contribution < 1.29 is 8.78 Å². The van der Waals surface area contributed by atoms with Crippen LogP contribution in [-0.4, -0.2) is 5.38 Å². The zero-order chi connectivity index (χ0) is 10.1. The van der Waals surface area contributed by atoms with Crippen molar-refractivity contribution >= 4 is 22.9 Å². The molecule has 0 aromatic carbocycles. The maximum Gasteiger partial charge on any atom is 0.342 e. The van der Waals surface area contributed by atoms with Crippen LogP contribution in [0.5, 0.6) is 0 Å². The number of nitrogens with one attached hydrogen (secondary N) is 1. The number of hydrogen-bond acceptors (Lipinski definition) is 3. The average Bonchev–Trinajstić information content (AvgIpc) is 2.35. The number of halogens is 3. The molecule has 0 saturated heterocycles. The van der Waals surface area contributed by atoms with Crippen molar-refractivity contribution in [2.24, 2.45) is 5.84 Å². The zero-order valence-electron chi connectivity index (χ0n) is 6.85. The molecule has 0 aliphatic carbocycles. The third-order valence-electron chi connectivity index (χ3n) is 1.70. The largest absolute Gasteiger partial charge is 0.342 e. The van der Waals surface area contributed by atoms with Crippen molar-refractivity contribution in [2.45, 2.75) is 18.3 Å². The summed E-state index contributed by atoms with van der Waals surface area (Å²) >= 11 is 6.27. The Hall–Kier alpha value is -0.230. The molecule has 1 rings (SSSR count). The SMILES string of the molecule is Cc1sccc1C(NN)C(F)(F)Cl. The van der Waals surface area contributed by atoms with Gasteiger partial charge in [0.15, 0.2) is 0 Å². The lowest BCUT2D eigenvalue weighted by molar-refractivity contribution is 0.0497. The minimum Gasteiger partial charge on any atom is -0.271 e. The summed E-state index contributed by atoms with van der Waals surface area (Å²) in [7, 11) is 0. The minimum atomic E-state index is -3.37. The predicted octanol–water partition coefficient (Wildman–Crippen LogP) is 2.39. The fourth-order valence-electron chi connectivity index (χ4n) is 1.05. The van der Waals surface area contributed by atoms with Gasteiger partial charge in [-0.15, -0.1) is 11.3 Å². The third-order valence-corrected chi connectivity index (χ3v) is 2.78. The first-order valence-electron chi connectivity index (χ1n) is 3.53. The molecular weight excluding hydrogens is 218 g/mol. The van der Waals surface area contributed by atoms with Gasteiger partial charge in [-0.2, -0.15) is 8.78 Å². The van der Waals surface area contributed by atoms with Crippen LogP contribution < -0.4 is 11.3 Å². The highest BCUT2D eigenvalue weighted by Gasteiger charge is 2.38. The normalized spacial score (nSPS) is 14.5. The van der Waals surface area contributed by atoms with Crippen LogP contribution in [0.4, 0.5) is 8.78 Å². The lowest BCUT2D eigenvalue weighted by Crippen LogP contribution is -2.37. The maximum atomic E-state index is 12.8. The van der Waals surface area contributed by atoms with E-state index in [4.69, 9.17) is 17.4 Å². The molecule has 1 aromatic rings. The van der Waals surface area contributed by atoms with Crippen molar-refractivity contribution in [2.75, 3.05) is 0 Å². The predicted molar refractivity (Wildman–Crippen MR) is 49.9 cm³/mol. The number of aryl methyl sites for hydroxylation is 1. The highest BCUT2D eigenvalue weighted by atomic mass is 35.5. The zero-order valence-corrected chi connectivity index (χ0v) is 8.42. The molecule has 74 valence electrons. The molecule has 0 aliphatic rings. The highest BCUT2D eigenvalue weighted by Crippen LogP contribution is 2.36. The van der Waals surface area contributed by atoms with Gasteiger partial charge in [0.1, 0.15) is 6.04 Å². The summed E-state index contributed by atoms with van der Waals surface area (Å²) in [5, 5.41) is -1.65. The Labute approximate surface area is 83.7 Å². The van der Waals surface area contributed by atoms with E-state index < -0.39 is 11.4 Å². The van der Waals surface area contributed by atoms with E-state index in [9.17, 15) is 8.78 Å². The number of thiophene rings is 1. The fraction of sp³-hybridized carbons (Fsp3) is 0.429. The van der Waals surface area contributed by atoms with Crippen LogP contribution in [-0.2, 0) is 0 Å². The van der Waals surface area contributed by atoms with Crippen molar-refractivity contribution in [1.29, 1.82) is 0 Å². The van der Waals surface area contributed by atoms with Crippen molar-refractivity contribution in [3.8, 4) is 0 Å². The summed E-state index contributed by atoms with van der Waals surface area (Å²) in [6.07, 6.45) is 0. The van der Waals surface area contributed by atoms with Gasteiger partial charge >= 0.3 is 5.38 Å². The van der Waals surface area contributed by atoms with Gasteiger partial charge in [-0.05, 0) is 35.5 Å². The van der Waals surface area contributed by atoms with Gasteiger partial charge in [-0.25, -0.2) is 5.43 Å². The van der Waals surface area contributed by atoms with E-state index in [2.05, 4.69) is 0 Å². The summed E-state index contributed by atoms with van der Waals surface area (Å²) in [6, 6.07) is 0.251. The molecule has 0 spiro atoms. The first-order chi connectivity index (χ1) is 5.96. The summed E-state index contributed by atoms with van der Waals surface area (Å²) in [6.45, 7) is 1.74. The second kappa shape index (κ2) is 3.88. The van der Waals surface area contributed by atoms with Crippen LogP contribution in [0, 0.1) is 6.92 Å². The molecule has 1 atom stereocenters. The molecule has 1 aromatic heterocycles. The van der Waals surface area contributed by atoms with E-state index in [0.29, 0.717) is 5.56 Å². The summed E-state index contributed by atoms with van der Waals surface area (Å²) < 4.78 is 25.5. The van der Waals surface area contributed by atoms with E-state index >= 15 is 0 Å². The van der Waals surface area contributed by atoms with Crippen molar-refractivity contribution in [3.63, 3.8) is 0 Å². The first-order valence-corrected chi connectivity index (χ1v) is 4.79.